The minimum atomic E-state index is -0.0631. The summed E-state index contributed by atoms with van der Waals surface area (Å²) < 4.78 is 5.54. The Kier molecular flexibility index (Phi) is 2.08. The second-order valence-electron chi connectivity index (χ2n) is 4.43. The van der Waals surface area contributed by atoms with Crippen LogP contribution in [-0.4, -0.2) is 6.61 Å². The Bertz CT molecular complexity index is 498. The largest absolute Gasteiger partial charge is 0.365 e. The minimum absolute atomic E-state index is 0.0631. The lowest BCUT2D eigenvalue weighted by atomic mass is 9.92. The van der Waals surface area contributed by atoms with E-state index in [0.29, 0.717) is 0 Å². The van der Waals surface area contributed by atoms with Crippen LogP contribution in [0.1, 0.15) is 12.5 Å². The summed E-state index contributed by atoms with van der Waals surface area (Å²) in [6.07, 6.45) is 0. The lowest BCUT2D eigenvalue weighted by molar-refractivity contribution is 0.330. The Labute approximate surface area is 95.7 Å². The lowest BCUT2D eigenvalue weighted by Gasteiger charge is -2.12. The van der Waals surface area contributed by atoms with Gasteiger partial charge in [-0.05, 0) is 23.6 Å². The molecule has 1 heteroatoms. The van der Waals surface area contributed by atoms with Crippen LogP contribution in [0.15, 0.2) is 54.6 Å². The van der Waals surface area contributed by atoms with E-state index in [9.17, 15) is 0 Å². The predicted molar refractivity (Wildman–Crippen MR) is 65.2 cm³/mol. The zero-order valence-electron chi connectivity index (χ0n) is 9.31. The number of ether oxygens (including phenoxy) is 1. The first-order valence-electron chi connectivity index (χ1n) is 5.58. The van der Waals surface area contributed by atoms with Gasteiger partial charge in [0.05, 0.1) is 6.61 Å². The van der Waals surface area contributed by atoms with Crippen LogP contribution in [0.3, 0.4) is 0 Å². The van der Waals surface area contributed by atoms with Crippen molar-refractivity contribution in [1.29, 1.82) is 0 Å². The summed E-state index contributed by atoms with van der Waals surface area (Å²) >= 11 is 0. The van der Waals surface area contributed by atoms with E-state index in [0.717, 1.165) is 6.61 Å². The van der Waals surface area contributed by atoms with Gasteiger partial charge in [-0.15, -0.1) is 0 Å². The maximum Gasteiger partial charge on any atom is 0.114 e. The molecule has 1 nitrogen and oxygen atoms in total. The van der Waals surface area contributed by atoms with E-state index in [1.807, 2.05) is 6.07 Å². The van der Waals surface area contributed by atoms with Gasteiger partial charge in [0.15, 0.2) is 0 Å². The summed E-state index contributed by atoms with van der Waals surface area (Å²) in [6.45, 7) is 2.98. The molecule has 16 heavy (non-hydrogen) atoms. The number of benzene rings is 2. The van der Waals surface area contributed by atoms with E-state index in [1.54, 1.807) is 0 Å². The van der Waals surface area contributed by atoms with Gasteiger partial charge in [0.25, 0.3) is 0 Å². The molecule has 2 aromatic rings. The number of epoxide rings is 1. The first-order valence-corrected chi connectivity index (χ1v) is 5.58. The molecule has 0 spiro atoms. The van der Waals surface area contributed by atoms with E-state index < -0.39 is 0 Å². The third-order valence-electron chi connectivity index (χ3n) is 3.16. The van der Waals surface area contributed by atoms with Crippen molar-refractivity contribution >= 4 is 0 Å². The highest BCUT2D eigenvalue weighted by Gasteiger charge is 2.42. The average molecular weight is 210 g/mol. The minimum Gasteiger partial charge on any atom is -0.365 e. The predicted octanol–water partition coefficient (Wildman–Crippen LogP) is 3.60. The van der Waals surface area contributed by atoms with Gasteiger partial charge in [0.1, 0.15) is 5.60 Å². The summed E-state index contributed by atoms with van der Waals surface area (Å²) in [4.78, 5) is 0. The lowest BCUT2D eigenvalue weighted by Crippen LogP contribution is -2.04. The molecular weight excluding hydrogens is 196 g/mol. The van der Waals surface area contributed by atoms with Gasteiger partial charge in [0, 0.05) is 0 Å². The molecule has 1 atom stereocenters. The standard InChI is InChI=1S/C15H14O/c1-15(11-16-15)14-10-6-5-9-13(14)12-7-3-2-4-8-12/h2-10H,11H2,1H3. The van der Waals surface area contributed by atoms with E-state index in [1.165, 1.54) is 16.7 Å². The molecule has 0 radical (unpaired) electrons. The van der Waals surface area contributed by atoms with Crippen LogP contribution in [-0.2, 0) is 10.3 Å². The molecule has 1 fully saturated rings. The van der Waals surface area contributed by atoms with Crippen LogP contribution in [0.2, 0.25) is 0 Å². The summed E-state index contributed by atoms with van der Waals surface area (Å²) in [5.41, 5.74) is 3.77. The average Bonchev–Trinajstić information content (AvgIpc) is 3.10. The third-order valence-corrected chi connectivity index (χ3v) is 3.16. The Morgan fingerprint density at radius 3 is 2.25 bits per heavy atom. The molecule has 0 saturated carbocycles. The monoisotopic (exact) mass is 210 g/mol. The van der Waals surface area contributed by atoms with Gasteiger partial charge >= 0.3 is 0 Å². The number of rotatable bonds is 2. The Morgan fingerprint density at radius 2 is 1.56 bits per heavy atom. The molecule has 0 aromatic heterocycles. The molecule has 0 bridgehead atoms. The van der Waals surface area contributed by atoms with Crippen molar-refractivity contribution in [2.45, 2.75) is 12.5 Å². The fourth-order valence-electron chi connectivity index (χ4n) is 2.08. The van der Waals surface area contributed by atoms with Crippen molar-refractivity contribution in [3.05, 3.63) is 60.2 Å². The molecule has 1 saturated heterocycles. The Morgan fingerprint density at radius 1 is 0.938 bits per heavy atom. The normalized spacial score (nSPS) is 23.1. The van der Waals surface area contributed by atoms with Gasteiger partial charge in [-0.3, -0.25) is 0 Å². The van der Waals surface area contributed by atoms with Crippen LogP contribution < -0.4 is 0 Å². The molecule has 1 heterocycles. The molecule has 1 aliphatic rings. The summed E-state index contributed by atoms with van der Waals surface area (Å²) in [5.74, 6) is 0. The number of hydrogen-bond donors (Lipinski definition) is 0. The molecule has 3 rings (SSSR count). The van der Waals surface area contributed by atoms with Gasteiger partial charge in [-0.1, -0.05) is 54.6 Å². The van der Waals surface area contributed by atoms with Crippen molar-refractivity contribution in [3.63, 3.8) is 0 Å². The Balaban J connectivity index is 2.14. The molecular formula is C15H14O. The maximum atomic E-state index is 5.54. The molecule has 1 aliphatic heterocycles. The second-order valence-corrected chi connectivity index (χ2v) is 4.43. The third kappa shape index (κ3) is 1.54. The summed E-state index contributed by atoms with van der Waals surface area (Å²) in [5, 5.41) is 0. The SMILES string of the molecule is CC1(c2ccccc2-c2ccccc2)CO1. The van der Waals surface area contributed by atoms with Gasteiger partial charge in [-0.2, -0.15) is 0 Å². The van der Waals surface area contributed by atoms with Crippen molar-refractivity contribution in [2.24, 2.45) is 0 Å². The van der Waals surface area contributed by atoms with Gasteiger partial charge in [-0.25, -0.2) is 0 Å². The van der Waals surface area contributed by atoms with Crippen LogP contribution in [0.5, 0.6) is 0 Å². The topological polar surface area (TPSA) is 12.5 Å². The van der Waals surface area contributed by atoms with Gasteiger partial charge < -0.3 is 4.74 Å². The molecule has 1 unspecified atom stereocenters. The van der Waals surface area contributed by atoms with Crippen molar-refractivity contribution in [3.8, 4) is 11.1 Å². The molecule has 0 aliphatic carbocycles. The van der Waals surface area contributed by atoms with Crippen LogP contribution in [0, 0.1) is 0 Å². The molecule has 2 aromatic carbocycles. The van der Waals surface area contributed by atoms with Crippen LogP contribution in [0.25, 0.3) is 11.1 Å². The fourth-order valence-corrected chi connectivity index (χ4v) is 2.08. The highest BCUT2D eigenvalue weighted by atomic mass is 16.6. The molecule has 0 N–H and O–H groups in total. The van der Waals surface area contributed by atoms with E-state index in [2.05, 4.69) is 55.5 Å². The van der Waals surface area contributed by atoms with Crippen LogP contribution in [0.4, 0.5) is 0 Å². The molecule has 0 amide bonds. The van der Waals surface area contributed by atoms with E-state index >= 15 is 0 Å². The second kappa shape index (κ2) is 3.46. The van der Waals surface area contributed by atoms with Crippen LogP contribution >= 0.6 is 0 Å². The summed E-state index contributed by atoms with van der Waals surface area (Å²) in [7, 11) is 0. The fraction of sp³-hybridized carbons (Fsp3) is 0.200. The highest BCUT2D eigenvalue weighted by molar-refractivity contribution is 5.68. The van der Waals surface area contributed by atoms with Gasteiger partial charge in [0.2, 0.25) is 0 Å². The van der Waals surface area contributed by atoms with Crippen molar-refractivity contribution in [1.82, 2.24) is 0 Å². The van der Waals surface area contributed by atoms with Crippen molar-refractivity contribution in [2.75, 3.05) is 6.61 Å². The van der Waals surface area contributed by atoms with E-state index in [4.69, 9.17) is 4.74 Å². The highest BCUT2D eigenvalue weighted by Crippen LogP contribution is 2.42. The quantitative estimate of drug-likeness (QED) is 0.690. The maximum absolute atomic E-state index is 5.54. The zero-order chi connectivity index (χ0) is 11.0. The first-order chi connectivity index (χ1) is 7.80. The zero-order valence-corrected chi connectivity index (χ0v) is 9.31. The number of hydrogen-bond acceptors (Lipinski definition) is 1. The first kappa shape index (κ1) is 9.61. The van der Waals surface area contributed by atoms with Crippen molar-refractivity contribution < 1.29 is 4.74 Å². The van der Waals surface area contributed by atoms with E-state index in [-0.39, 0.29) is 5.60 Å². The summed E-state index contributed by atoms with van der Waals surface area (Å²) in [6, 6.07) is 19.0. The molecule has 80 valence electrons. The Hall–Kier alpha value is -1.60. The smallest absolute Gasteiger partial charge is 0.114 e.